The predicted octanol–water partition coefficient (Wildman–Crippen LogP) is 7.88. The van der Waals surface area contributed by atoms with Crippen LogP contribution >= 0.6 is 28.3 Å². The van der Waals surface area contributed by atoms with E-state index in [0.29, 0.717) is 0 Å². The van der Waals surface area contributed by atoms with E-state index in [2.05, 4.69) is 121 Å². The molecule has 0 nitrogen and oxygen atoms in total. The van der Waals surface area contributed by atoms with Crippen LogP contribution < -0.4 is 21.2 Å². The van der Waals surface area contributed by atoms with Crippen molar-refractivity contribution in [2.24, 2.45) is 0 Å². The van der Waals surface area contributed by atoms with Crippen molar-refractivity contribution in [1.82, 2.24) is 0 Å². The molecule has 8 unspecified atom stereocenters. The van der Waals surface area contributed by atoms with Crippen LogP contribution in [0.1, 0.15) is 0 Å². The van der Waals surface area contributed by atoms with Crippen LogP contribution in [0.4, 0.5) is 0 Å². The average molecular weight is 697 g/mol. The molecule has 10 fully saturated rings. The van der Waals surface area contributed by atoms with Crippen molar-refractivity contribution >= 4 is 49.5 Å². The van der Waals surface area contributed by atoms with Gasteiger partial charge in [-0.05, 0) is 0 Å². The Kier molecular flexibility index (Phi) is 1.96. The van der Waals surface area contributed by atoms with Gasteiger partial charge in [0, 0.05) is 20.4 Å². The summed E-state index contributed by atoms with van der Waals surface area (Å²) in [6.07, 6.45) is 0. The van der Waals surface area contributed by atoms with Crippen molar-refractivity contribution in [3.8, 4) is 0 Å². The molecule has 10 aliphatic rings. The molecule has 0 N–H and O–H groups in total. The van der Waals surface area contributed by atoms with Crippen LogP contribution in [0.25, 0.3) is 0 Å². The molecule has 0 amide bonds. The van der Waals surface area contributed by atoms with E-state index in [-0.39, 0.29) is 48.7 Å². The summed E-state index contributed by atoms with van der Waals surface area (Å²) in [4.78, 5) is 10.1. The molecule has 200 valence electrons. The summed E-state index contributed by atoms with van der Waals surface area (Å²) < 4.78 is 1.60. The van der Waals surface area contributed by atoms with E-state index in [1.165, 1.54) is 38.5 Å². The van der Waals surface area contributed by atoms with E-state index in [1.807, 2.05) is 0 Å². The molecule has 39 heavy (non-hydrogen) atoms. The third kappa shape index (κ3) is 0.567. The van der Waals surface area contributed by atoms with Crippen molar-refractivity contribution in [3.05, 3.63) is 121 Å². The molecule has 5 heteroatoms. The maximum atomic E-state index is 2.54. The number of fused-ring (bicyclic) bond motifs is 10. The van der Waals surface area contributed by atoms with Gasteiger partial charge < -0.3 is 0 Å². The van der Waals surface area contributed by atoms with E-state index in [1.54, 1.807) is 21.2 Å². The summed E-state index contributed by atoms with van der Waals surface area (Å²) in [6.45, 7) is -3.82. The summed E-state index contributed by atoms with van der Waals surface area (Å²) in [7, 11) is -0.505. The first-order valence-electron chi connectivity index (χ1n) is 14.1. The van der Waals surface area contributed by atoms with Crippen LogP contribution in [0.15, 0.2) is 121 Å². The van der Waals surface area contributed by atoms with Crippen molar-refractivity contribution < 1.29 is 26.9 Å². The van der Waals surface area contributed by atoms with E-state index < -0.39 is 6.51 Å². The van der Waals surface area contributed by atoms with Crippen LogP contribution in [-0.4, -0.2) is 8.11 Å². The fraction of sp³-hybridized carbons (Fsp3) is 0.294. The van der Waals surface area contributed by atoms with Gasteiger partial charge in [-0.25, -0.2) is 0 Å². The molecule has 0 bridgehead atoms. The maximum absolute atomic E-state index is 3.82. The van der Waals surface area contributed by atoms with Crippen LogP contribution in [0, 0.1) is 0 Å². The second kappa shape index (κ2) is 3.49. The van der Waals surface area contributed by atoms with Crippen LogP contribution in [0.2, 0.25) is 38.5 Å². The van der Waals surface area contributed by atoms with E-state index in [4.69, 9.17) is 0 Å². The van der Waals surface area contributed by atoms with Crippen molar-refractivity contribution in [2.75, 3.05) is 0 Å². The Morgan fingerprint density at radius 2 is 0.641 bits per heavy atom. The second-order valence-electron chi connectivity index (χ2n) is 15.7. The van der Waals surface area contributed by atoms with Crippen LogP contribution in [-0.2, 0) is 26.9 Å². The van der Waals surface area contributed by atoms with E-state index in [0.717, 1.165) is 8.11 Å². The molecule has 4 aromatic carbocycles. The molecule has 10 heterocycles. The zero-order chi connectivity index (χ0) is 23.5. The van der Waals surface area contributed by atoms with Gasteiger partial charge in [0.15, 0.2) is 0 Å². The number of hydrogen-bond acceptors (Lipinski definition) is 0. The summed E-state index contributed by atoms with van der Waals surface area (Å²) in [5, 5.41) is 6.87. The van der Waals surface area contributed by atoms with Gasteiger partial charge in [0.2, 0.25) is 0 Å². The molecule has 0 radical (unpaired) electrons. The third-order valence-electron chi connectivity index (χ3n) is 19.4. The Morgan fingerprint density at radius 3 is 0.846 bits per heavy atom. The molecule has 0 saturated carbocycles. The van der Waals surface area contributed by atoms with Crippen LogP contribution in [0.5, 0.6) is 0 Å². The Labute approximate surface area is 242 Å². The SMILES string of the molecule is Cl.[Pd].c1ccc(P(c2ccccc2)[C]23[CH]4[CH]5[CH]6[CH]2[Fe]56432789[CH]3[CH]2[CH]7[C]8(P(c2ccccc2)c2ccccc2)[CH]39)cc1. The minimum atomic E-state index is -3.82. The summed E-state index contributed by atoms with van der Waals surface area (Å²) in [6, 6.07) is 48.0. The third-order valence-corrected chi connectivity index (χ3v) is 76.1. The molecular weight excluding hydrogens is 668 g/mol. The molecule has 10 aliphatic heterocycles. The predicted molar refractivity (Wildman–Crippen MR) is 161 cm³/mol. The summed E-state index contributed by atoms with van der Waals surface area (Å²) >= 11 is 0. The molecular formula is C34H29ClFeP2Pd. The quantitative estimate of drug-likeness (QED) is 0.142. The molecule has 0 aromatic heterocycles. The van der Waals surface area contributed by atoms with Crippen molar-refractivity contribution in [3.63, 3.8) is 0 Å². The zero-order valence-electron chi connectivity index (χ0n) is 21.1. The van der Waals surface area contributed by atoms with Gasteiger partial charge in [-0.1, -0.05) is 0 Å². The van der Waals surface area contributed by atoms with Gasteiger partial charge in [0.05, 0.1) is 0 Å². The Balaban J connectivity index is 0.000000962. The molecule has 4 aromatic rings. The van der Waals surface area contributed by atoms with E-state index >= 15 is 0 Å². The minimum absolute atomic E-state index is 0. The Bertz CT molecular complexity index is 1920. The standard InChI is InChI=1S/2C17H14P.ClH.Fe.Pd/c2*1-3-9-15(10-4-1)18(17-13-7-8-14-17)16-11-5-2-6-12-16;;;/h2*1-14H;1H;;. The number of rotatable bonds is 6. The molecule has 10 saturated heterocycles. The van der Waals surface area contributed by atoms with E-state index in [9.17, 15) is 0 Å². The van der Waals surface area contributed by atoms with Crippen LogP contribution in [0.3, 0.4) is 0 Å². The molecule has 0 aliphatic carbocycles. The van der Waals surface area contributed by atoms with Gasteiger partial charge in [0.1, 0.15) is 0 Å². The normalized spacial score (nSPS) is 59.8. The van der Waals surface area contributed by atoms with Crippen molar-refractivity contribution in [1.29, 1.82) is 0 Å². The topological polar surface area (TPSA) is 0 Å². The molecule has 14 rings (SSSR count). The van der Waals surface area contributed by atoms with Crippen molar-refractivity contribution in [2.45, 2.75) is 46.6 Å². The van der Waals surface area contributed by atoms with Gasteiger partial charge in [-0.3, -0.25) is 0 Å². The number of halogens is 1. The number of benzene rings is 4. The summed E-state index contributed by atoms with van der Waals surface area (Å²) in [5.74, 6) is 0. The first-order valence-corrected chi connectivity index (χ1v) is 23.0. The first-order chi connectivity index (χ1) is 18.1. The fourth-order valence-electron chi connectivity index (χ4n) is 20.9. The second-order valence-corrected chi connectivity index (χ2v) is 44.6. The Morgan fingerprint density at radius 1 is 0.410 bits per heavy atom. The molecule has 1 spiro atoms. The monoisotopic (exact) mass is 696 g/mol. The Hall–Kier alpha value is -0.788. The average Bonchev–Trinajstić information content (AvgIpc) is 3.92. The fourth-order valence-corrected chi connectivity index (χ4v) is 126. The van der Waals surface area contributed by atoms with Gasteiger partial charge in [-0.15, -0.1) is 12.4 Å². The first kappa shape index (κ1) is 21.8. The van der Waals surface area contributed by atoms with Gasteiger partial charge in [-0.2, -0.15) is 0 Å². The molecule has 8 atom stereocenters. The zero-order valence-corrected chi connectivity index (χ0v) is 26.4. The van der Waals surface area contributed by atoms with Gasteiger partial charge in [0.25, 0.3) is 0 Å². The number of hydrogen-bond donors (Lipinski definition) is 0. The summed E-state index contributed by atoms with van der Waals surface area (Å²) in [5.41, 5.74) is 0. The van der Waals surface area contributed by atoms with Gasteiger partial charge >= 0.3 is 212 Å².